The SMILES string of the molecule is COc1cc(OC)c(/C=C/S(=O)Cc2ccc(OC)c(OC(=O)CCC(=O)Cl)c2)c(OC)c1. The Morgan fingerprint density at radius 3 is 2.06 bits per heavy atom. The lowest BCUT2D eigenvalue weighted by Gasteiger charge is -2.12. The molecule has 0 radical (unpaired) electrons. The molecule has 0 fully saturated rings. The topological polar surface area (TPSA) is 97.4 Å². The lowest BCUT2D eigenvalue weighted by Crippen LogP contribution is -2.10. The summed E-state index contributed by atoms with van der Waals surface area (Å²) in [6.07, 6.45) is 1.37. The number of hydrogen-bond acceptors (Lipinski definition) is 8. The molecule has 0 aliphatic rings. The van der Waals surface area contributed by atoms with Crippen molar-refractivity contribution in [1.82, 2.24) is 0 Å². The van der Waals surface area contributed by atoms with Crippen molar-refractivity contribution in [3.8, 4) is 28.7 Å². The second-order valence-electron chi connectivity index (χ2n) is 6.59. The Balaban J connectivity index is 2.18. The van der Waals surface area contributed by atoms with Crippen molar-refractivity contribution < 1.29 is 37.5 Å². The van der Waals surface area contributed by atoms with Crippen molar-refractivity contribution in [2.24, 2.45) is 0 Å². The summed E-state index contributed by atoms with van der Waals surface area (Å²) in [5.74, 6) is 1.62. The van der Waals surface area contributed by atoms with Gasteiger partial charge in [-0.1, -0.05) is 6.07 Å². The molecule has 0 aliphatic heterocycles. The Hall–Kier alpha value is -3.04. The highest BCUT2D eigenvalue weighted by Gasteiger charge is 2.14. The molecule has 0 saturated carbocycles. The van der Waals surface area contributed by atoms with Crippen molar-refractivity contribution in [2.45, 2.75) is 18.6 Å². The summed E-state index contributed by atoms with van der Waals surface area (Å²) in [6, 6.07) is 8.30. The van der Waals surface area contributed by atoms with Crippen molar-refractivity contribution in [1.29, 1.82) is 0 Å². The van der Waals surface area contributed by atoms with Crippen molar-refractivity contribution >= 4 is 39.7 Å². The van der Waals surface area contributed by atoms with Crippen LogP contribution in [-0.4, -0.2) is 43.9 Å². The molecule has 2 aromatic carbocycles. The molecule has 0 aliphatic carbocycles. The van der Waals surface area contributed by atoms with E-state index in [4.69, 9.17) is 35.3 Å². The van der Waals surface area contributed by atoms with Crippen LogP contribution in [0.2, 0.25) is 0 Å². The second-order valence-corrected chi connectivity index (χ2v) is 8.33. The van der Waals surface area contributed by atoms with E-state index in [0.717, 1.165) is 0 Å². The summed E-state index contributed by atoms with van der Waals surface area (Å²) in [4.78, 5) is 22.8. The lowest BCUT2D eigenvalue weighted by atomic mass is 10.1. The van der Waals surface area contributed by atoms with Crippen LogP contribution in [0, 0.1) is 0 Å². The average Bonchev–Trinajstić information content (AvgIpc) is 2.81. The minimum atomic E-state index is -1.40. The molecule has 0 heterocycles. The van der Waals surface area contributed by atoms with Crippen LogP contribution in [-0.2, 0) is 26.1 Å². The first-order chi connectivity index (χ1) is 15.8. The highest BCUT2D eigenvalue weighted by Crippen LogP contribution is 2.35. The van der Waals surface area contributed by atoms with Gasteiger partial charge in [-0.2, -0.15) is 0 Å². The van der Waals surface area contributed by atoms with E-state index in [1.165, 1.54) is 33.8 Å². The van der Waals surface area contributed by atoms with Gasteiger partial charge in [0.2, 0.25) is 5.24 Å². The van der Waals surface area contributed by atoms with Crippen molar-refractivity contribution in [2.75, 3.05) is 28.4 Å². The number of esters is 1. The van der Waals surface area contributed by atoms with Gasteiger partial charge in [0, 0.05) is 24.0 Å². The number of ether oxygens (including phenoxy) is 5. The van der Waals surface area contributed by atoms with E-state index in [-0.39, 0.29) is 24.3 Å². The fourth-order valence-corrected chi connectivity index (χ4v) is 3.80. The molecule has 2 aromatic rings. The van der Waals surface area contributed by atoms with E-state index in [2.05, 4.69) is 0 Å². The summed E-state index contributed by atoms with van der Waals surface area (Å²) in [5.41, 5.74) is 1.27. The molecule has 0 saturated heterocycles. The van der Waals surface area contributed by atoms with Gasteiger partial charge in [0.15, 0.2) is 11.5 Å². The summed E-state index contributed by atoms with van der Waals surface area (Å²) in [6.45, 7) is 0. The molecule has 33 heavy (non-hydrogen) atoms. The number of benzene rings is 2. The van der Waals surface area contributed by atoms with Gasteiger partial charge in [0.25, 0.3) is 0 Å². The maximum Gasteiger partial charge on any atom is 0.311 e. The molecular formula is C23H25ClO8S. The van der Waals surface area contributed by atoms with E-state index in [1.807, 2.05) is 0 Å². The van der Waals surface area contributed by atoms with E-state index in [0.29, 0.717) is 34.1 Å². The summed E-state index contributed by atoms with van der Waals surface area (Å²) < 4.78 is 39.2. The number of methoxy groups -OCH3 is 4. The smallest absolute Gasteiger partial charge is 0.311 e. The quantitative estimate of drug-likeness (QED) is 0.246. The van der Waals surface area contributed by atoms with Crippen LogP contribution in [0.25, 0.3) is 6.08 Å². The standard InChI is InChI=1S/C23H25ClO8S/c1-28-16-12-19(30-3)17(20(13-16)31-4)9-10-33(27)14-15-5-6-18(29-2)21(11-15)32-23(26)8-7-22(24)25/h5-6,9-13H,7-8,14H2,1-4H3/b10-9+. The molecule has 1 atom stereocenters. The van der Waals surface area contributed by atoms with Gasteiger partial charge < -0.3 is 23.7 Å². The molecule has 0 spiro atoms. The van der Waals surface area contributed by atoms with E-state index < -0.39 is 22.0 Å². The monoisotopic (exact) mass is 496 g/mol. The van der Waals surface area contributed by atoms with Crippen molar-refractivity contribution in [3.63, 3.8) is 0 Å². The fourth-order valence-electron chi connectivity index (χ4n) is 2.82. The molecule has 10 heteroatoms. The lowest BCUT2D eigenvalue weighted by molar-refractivity contribution is -0.135. The van der Waals surface area contributed by atoms with Crippen LogP contribution in [0.3, 0.4) is 0 Å². The summed E-state index contributed by atoms with van der Waals surface area (Å²) in [5, 5.41) is 0.898. The fraction of sp³-hybridized carbons (Fsp3) is 0.304. The Bertz CT molecular complexity index is 1030. The largest absolute Gasteiger partial charge is 0.496 e. The van der Waals surface area contributed by atoms with E-state index in [1.54, 1.807) is 36.4 Å². The Labute approximate surface area is 199 Å². The van der Waals surface area contributed by atoms with Crippen LogP contribution in [0.15, 0.2) is 35.7 Å². The highest BCUT2D eigenvalue weighted by molar-refractivity contribution is 7.87. The number of carbonyl (C=O) groups is 2. The normalized spacial score (nSPS) is 11.7. The Morgan fingerprint density at radius 2 is 1.52 bits per heavy atom. The predicted molar refractivity (Wildman–Crippen MR) is 126 cm³/mol. The van der Waals surface area contributed by atoms with Crippen LogP contribution >= 0.6 is 11.6 Å². The number of hydrogen-bond donors (Lipinski definition) is 0. The third-order valence-corrected chi connectivity index (χ3v) is 5.67. The minimum absolute atomic E-state index is 0.129. The third-order valence-electron chi connectivity index (χ3n) is 4.43. The molecule has 0 aromatic heterocycles. The van der Waals surface area contributed by atoms with Crippen molar-refractivity contribution in [3.05, 3.63) is 46.9 Å². The van der Waals surface area contributed by atoms with Gasteiger partial charge in [-0.15, -0.1) is 0 Å². The maximum absolute atomic E-state index is 12.7. The molecule has 2 rings (SSSR count). The molecule has 0 amide bonds. The van der Waals surface area contributed by atoms with Crippen LogP contribution < -0.4 is 23.7 Å². The average molecular weight is 497 g/mol. The van der Waals surface area contributed by atoms with Gasteiger partial charge >= 0.3 is 5.97 Å². The highest BCUT2D eigenvalue weighted by atomic mass is 35.5. The zero-order chi connectivity index (χ0) is 24.4. The third kappa shape index (κ3) is 7.80. The van der Waals surface area contributed by atoms with E-state index in [9.17, 15) is 13.8 Å². The molecule has 1 unspecified atom stereocenters. The van der Waals surface area contributed by atoms with Gasteiger partial charge in [0.05, 0.1) is 57.0 Å². The van der Waals surface area contributed by atoms with Gasteiger partial charge in [-0.05, 0) is 35.4 Å². The van der Waals surface area contributed by atoms with Crippen LogP contribution in [0.5, 0.6) is 28.7 Å². The number of rotatable bonds is 12. The summed E-state index contributed by atoms with van der Waals surface area (Å²) >= 11 is 5.26. The summed E-state index contributed by atoms with van der Waals surface area (Å²) in [7, 11) is 4.61. The first-order valence-electron chi connectivity index (χ1n) is 9.72. The molecule has 0 bridgehead atoms. The second kappa shape index (κ2) is 12.9. The molecule has 178 valence electrons. The maximum atomic E-state index is 12.7. The zero-order valence-corrected chi connectivity index (χ0v) is 20.3. The molecule has 8 nitrogen and oxygen atoms in total. The predicted octanol–water partition coefficient (Wildman–Crippen LogP) is 4.09. The van der Waals surface area contributed by atoms with Crippen LogP contribution in [0.4, 0.5) is 0 Å². The number of halogens is 1. The van der Waals surface area contributed by atoms with Gasteiger partial charge in [-0.25, -0.2) is 0 Å². The molecular weight excluding hydrogens is 472 g/mol. The number of carbonyl (C=O) groups excluding carboxylic acids is 2. The zero-order valence-electron chi connectivity index (χ0n) is 18.7. The van der Waals surface area contributed by atoms with E-state index >= 15 is 0 Å². The first-order valence-corrected chi connectivity index (χ1v) is 11.5. The first kappa shape index (κ1) is 26.2. The Kier molecular flexibility index (Phi) is 10.2. The van der Waals surface area contributed by atoms with Crippen LogP contribution in [0.1, 0.15) is 24.0 Å². The van der Waals surface area contributed by atoms with Gasteiger partial charge in [-0.3, -0.25) is 13.8 Å². The molecule has 0 N–H and O–H groups in total. The Morgan fingerprint density at radius 1 is 0.879 bits per heavy atom. The minimum Gasteiger partial charge on any atom is -0.496 e. The van der Waals surface area contributed by atoms with Gasteiger partial charge in [0.1, 0.15) is 17.2 Å².